The van der Waals surface area contributed by atoms with Crippen molar-refractivity contribution in [3.8, 4) is 11.5 Å². The number of fused-ring (bicyclic) bond motifs is 3. The van der Waals surface area contributed by atoms with Gasteiger partial charge in [0.25, 0.3) is 5.91 Å². The van der Waals surface area contributed by atoms with Gasteiger partial charge in [-0.05, 0) is 65.4 Å². The number of aromatic hydroxyl groups is 1. The Bertz CT molecular complexity index is 1070. The number of aliphatic hydroxyl groups excluding tert-OH is 1. The number of aliphatic carboxylic acids is 1. The number of ether oxygens (including phenoxy) is 1. The third-order valence-electron chi connectivity index (χ3n) is 7.72. The molecule has 2 aliphatic heterocycles. The summed E-state index contributed by atoms with van der Waals surface area (Å²) in [6.07, 6.45) is 7.67. The second-order valence-corrected chi connectivity index (χ2v) is 10.9. The highest BCUT2D eigenvalue weighted by molar-refractivity contribution is 6.02. The molecule has 0 aromatic heterocycles. The number of carboxylic acids is 1. The molecule has 0 radical (unpaired) electrons. The molecule has 0 aliphatic carbocycles. The molecule has 3 rings (SSSR count). The Kier molecular flexibility index (Phi) is 8.55. The Morgan fingerprint density at radius 1 is 1.25 bits per heavy atom. The van der Waals surface area contributed by atoms with Crippen molar-refractivity contribution in [2.75, 3.05) is 0 Å². The molecule has 198 valence electrons. The summed E-state index contributed by atoms with van der Waals surface area (Å²) < 4.78 is 6.40. The second kappa shape index (κ2) is 11.1. The molecule has 7 heteroatoms. The van der Waals surface area contributed by atoms with Crippen LogP contribution in [0.3, 0.4) is 0 Å². The number of rotatable bonds is 10. The van der Waals surface area contributed by atoms with Gasteiger partial charge in [0.2, 0.25) is 0 Å². The largest absolute Gasteiger partial charge is 0.508 e. The van der Waals surface area contributed by atoms with Crippen LogP contribution in [0.2, 0.25) is 0 Å². The van der Waals surface area contributed by atoms with Crippen molar-refractivity contribution in [2.24, 2.45) is 5.92 Å². The van der Waals surface area contributed by atoms with E-state index in [4.69, 9.17) is 4.74 Å². The van der Waals surface area contributed by atoms with Gasteiger partial charge in [-0.15, -0.1) is 0 Å². The minimum atomic E-state index is -1.04. The van der Waals surface area contributed by atoms with E-state index < -0.39 is 29.6 Å². The highest BCUT2D eigenvalue weighted by Gasteiger charge is 2.46. The van der Waals surface area contributed by atoms with Gasteiger partial charge in [-0.3, -0.25) is 4.79 Å². The molecule has 0 fully saturated rings. The summed E-state index contributed by atoms with van der Waals surface area (Å²) in [6, 6.07) is 0.427. The zero-order chi connectivity index (χ0) is 26.8. The monoisotopic (exact) mass is 499 g/mol. The summed E-state index contributed by atoms with van der Waals surface area (Å²) in [7, 11) is 0. The summed E-state index contributed by atoms with van der Waals surface area (Å²) in [4.78, 5) is 26.6. The molecule has 4 atom stereocenters. The first kappa shape index (κ1) is 27.8. The van der Waals surface area contributed by atoms with Gasteiger partial charge in [0.1, 0.15) is 23.1 Å². The smallest absolute Gasteiger partial charge is 0.326 e. The van der Waals surface area contributed by atoms with Crippen LogP contribution >= 0.6 is 0 Å². The number of nitrogens with zero attached hydrogens (tertiary/aromatic N) is 1. The highest BCUT2D eigenvalue weighted by atomic mass is 16.5. The fraction of sp³-hybridized carbons (Fsp3) is 0.586. The predicted molar refractivity (Wildman–Crippen MR) is 139 cm³/mol. The number of benzene rings is 1. The Morgan fingerprint density at radius 2 is 1.94 bits per heavy atom. The van der Waals surface area contributed by atoms with Gasteiger partial charge >= 0.3 is 5.97 Å². The van der Waals surface area contributed by atoms with Crippen LogP contribution in [0, 0.1) is 5.92 Å². The molecule has 2 heterocycles. The van der Waals surface area contributed by atoms with Crippen LogP contribution in [0.1, 0.15) is 95.1 Å². The summed E-state index contributed by atoms with van der Waals surface area (Å²) in [5.41, 5.74) is 3.02. The quantitative estimate of drug-likeness (QED) is 0.373. The molecular weight excluding hydrogens is 458 g/mol. The van der Waals surface area contributed by atoms with Gasteiger partial charge in [0, 0.05) is 17.5 Å². The van der Waals surface area contributed by atoms with E-state index in [9.17, 15) is 24.9 Å². The maximum atomic E-state index is 13.2. The highest BCUT2D eigenvalue weighted by Crippen LogP contribution is 2.47. The van der Waals surface area contributed by atoms with E-state index in [1.165, 1.54) is 22.1 Å². The topological polar surface area (TPSA) is 107 Å². The van der Waals surface area contributed by atoms with Crippen LogP contribution in [0.15, 0.2) is 29.4 Å². The van der Waals surface area contributed by atoms with Crippen molar-refractivity contribution < 1.29 is 29.6 Å². The first-order chi connectivity index (χ1) is 16.9. The molecule has 0 saturated heterocycles. The van der Waals surface area contributed by atoms with Gasteiger partial charge in [0.05, 0.1) is 18.2 Å². The summed E-state index contributed by atoms with van der Waals surface area (Å²) in [6.45, 7) is 12.0. The molecule has 1 amide bonds. The molecule has 36 heavy (non-hydrogen) atoms. The molecule has 0 bridgehead atoms. The van der Waals surface area contributed by atoms with E-state index in [0.29, 0.717) is 29.7 Å². The summed E-state index contributed by atoms with van der Waals surface area (Å²) in [5, 5.41) is 31.5. The molecule has 3 N–H and O–H groups in total. The first-order valence-electron chi connectivity index (χ1n) is 13.0. The minimum Gasteiger partial charge on any atom is -0.508 e. The number of carbonyl (C=O) groups is 2. The number of hydrogen-bond acceptors (Lipinski definition) is 5. The number of amides is 1. The Balaban J connectivity index is 1.85. The number of hydrogen-bond donors (Lipinski definition) is 3. The zero-order valence-electron chi connectivity index (χ0n) is 22.4. The Morgan fingerprint density at radius 3 is 2.56 bits per heavy atom. The molecule has 0 spiro atoms. The fourth-order valence-corrected chi connectivity index (χ4v) is 5.15. The standard InChI is InChI=1S/C29H41NO6/c1-7-19(5)25(28(34)35)30-16-22-20(27(30)33)14-23(31)21-15-24(32)29(6,36-26(21)22)13-9-12-18(4)11-8-10-17(2)3/h10,12,14,19,24-25,31-32H,7-9,11,13,15-16H2,1-6H3,(H,34,35)/t19-,24-,25-,29-/m0/s1. The molecule has 0 unspecified atom stereocenters. The van der Waals surface area contributed by atoms with E-state index in [-0.39, 0.29) is 30.2 Å². The van der Waals surface area contributed by atoms with Crippen LogP contribution in [0.25, 0.3) is 0 Å². The van der Waals surface area contributed by atoms with E-state index in [2.05, 4.69) is 32.9 Å². The number of phenolic OH excluding ortho intramolecular Hbond substituents is 1. The maximum Gasteiger partial charge on any atom is 0.326 e. The van der Waals surface area contributed by atoms with Gasteiger partial charge in [0.15, 0.2) is 0 Å². The first-order valence-corrected chi connectivity index (χ1v) is 13.0. The minimum absolute atomic E-state index is 0.105. The van der Waals surface area contributed by atoms with Gasteiger partial charge in [-0.2, -0.15) is 0 Å². The van der Waals surface area contributed by atoms with Gasteiger partial charge < -0.3 is 25.0 Å². The number of carbonyl (C=O) groups excluding carboxylic acids is 1. The average molecular weight is 500 g/mol. The molecule has 2 aliphatic rings. The molecular formula is C29H41NO6. The van der Waals surface area contributed by atoms with Crippen molar-refractivity contribution >= 4 is 11.9 Å². The lowest BCUT2D eigenvalue weighted by Gasteiger charge is -2.41. The molecule has 0 saturated carbocycles. The van der Waals surface area contributed by atoms with Crippen molar-refractivity contribution in [3.05, 3.63) is 46.1 Å². The van der Waals surface area contributed by atoms with Crippen molar-refractivity contribution in [1.29, 1.82) is 0 Å². The Labute approximate surface area is 214 Å². The number of allylic oxidation sites excluding steroid dienone is 4. The predicted octanol–water partition coefficient (Wildman–Crippen LogP) is 5.37. The summed E-state index contributed by atoms with van der Waals surface area (Å²) >= 11 is 0. The number of phenols is 1. The fourth-order valence-electron chi connectivity index (χ4n) is 5.15. The van der Waals surface area contributed by atoms with Crippen molar-refractivity contribution in [1.82, 2.24) is 4.90 Å². The van der Waals surface area contributed by atoms with Crippen molar-refractivity contribution in [3.63, 3.8) is 0 Å². The number of carboxylic acid groups (broad SMARTS) is 1. The second-order valence-electron chi connectivity index (χ2n) is 10.9. The lowest BCUT2D eigenvalue weighted by atomic mass is 9.84. The van der Waals surface area contributed by atoms with E-state index in [1.807, 2.05) is 20.8 Å². The zero-order valence-corrected chi connectivity index (χ0v) is 22.4. The molecule has 1 aromatic rings. The van der Waals surface area contributed by atoms with E-state index in [1.54, 1.807) is 0 Å². The third kappa shape index (κ3) is 5.61. The van der Waals surface area contributed by atoms with Gasteiger partial charge in [-0.1, -0.05) is 43.6 Å². The Hall–Kier alpha value is -2.80. The van der Waals surface area contributed by atoms with Crippen molar-refractivity contribution in [2.45, 2.75) is 104 Å². The van der Waals surface area contributed by atoms with Crippen LogP contribution in [-0.4, -0.2) is 49.8 Å². The lowest BCUT2D eigenvalue weighted by molar-refractivity contribution is -0.144. The molecule has 7 nitrogen and oxygen atoms in total. The average Bonchev–Trinajstić information content (AvgIpc) is 3.10. The maximum absolute atomic E-state index is 13.2. The lowest BCUT2D eigenvalue weighted by Crippen LogP contribution is -2.49. The van der Waals surface area contributed by atoms with E-state index >= 15 is 0 Å². The number of aliphatic hydroxyl groups is 1. The van der Waals surface area contributed by atoms with E-state index in [0.717, 1.165) is 19.3 Å². The molecule has 1 aromatic carbocycles. The van der Waals surface area contributed by atoms with Crippen LogP contribution in [-0.2, 0) is 17.8 Å². The van der Waals surface area contributed by atoms with Crippen LogP contribution in [0.5, 0.6) is 11.5 Å². The third-order valence-corrected chi connectivity index (χ3v) is 7.72. The normalized spacial score (nSPS) is 23.0. The van der Waals surface area contributed by atoms with Crippen LogP contribution < -0.4 is 4.74 Å². The SMILES string of the molecule is CC[C@H](C)[C@@H](C(=O)O)N1Cc2c(cc(O)c3c2O[C@@](C)(CCC=C(C)CCC=C(C)C)[C@@H](O)C3)C1=O. The summed E-state index contributed by atoms with van der Waals surface area (Å²) in [5.74, 6) is -1.39. The van der Waals surface area contributed by atoms with Crippen LogP contribution in [0.4, 0.5) is 0 Å². The van der Waals surface area contributed by atoms with Gasteiger partial charge in [-0.25, -0.2) is 4.79 Å².